The molecule has 5 heteroatoms. The van der Waals surface area contributed by atoms with Crippen LogP contribution in [0, 0.1) is 12.5 Å². The molecule has 0 bridgehead atoms. The van der Waals surface area contributed by atoms with Gasteiger partial charge in [-0.05, 0) is 13.8 Å². The molecular formula is C11H15O5. The van der Waals surface area contributed by atoms with Crippen LogP contribution in [-0.2, 0) is 23.8 Å². The highest BCUT2D eigenvalue weighted by atomic mass is 16.6. The standard InChI is InChI=1S/C11H15O5/c1-3-14-10(12)9(11(13)15-4-2)8-6-5-7-16-8/h5-9H,3-4H2,1-2H3. The van der Waals surface area contributed by atoms with Crippen LogP contribution in [0.4, 0.5) is 0 Å². The SMILES string of the molecule is CCOC(=O)C(C(=O)OCC)C1C=C[CH]O1. The minimum atomic E-state index is -1.05. The maximum absolute atomic E-state index is 11.6. The first-order valence-electron chi connectivity index (χ1n) is 5.19. The lowest BCUT2D eigenvalue weighted by atomic mass is 10.0. The zero-order chi connectivity index (χ0) is 12.0. The first-order valence-corrected chi connectivity index (χ1v) is 5.19. The summed E-state index contributed by atoms with van der Waals surface area (Å²) in [5.74, 6) is -2.29. The van der Waals surface area contributed by atoms with E-state index in [2.05, 4.69) is 0 Å². The normalized spacial score (nSPS) is 18.8. The van der Waals surface area contributed by atoms with Gasteiger partial charge in [-0.3, -0.25) is 9.59 Å². The van der Waals surface area contributed by atoms with E-state index in [1.807, 2.05) is 0 Å². The van der Waals surface area contributed by atoms with Gasteiger partial charge < -0.3 is 14.2 Å². The van der Waals surface area contributed by atoms with E-state index >= 15 is 0 Å². The van der Waals surface area contributed by atoms with Gasteiger partial charge in [0.15, 0.2) is 5.92 Å². The quantitative estimate of drug-likeness (QED) is 0.514. The average molecular weight is 227 g/mol. The highest BCUT2D eigenvalue weighted by Gasteiger charge is 2.38. The van der Waals surface area contributed by atoms with E-state index in [1.165, 1.54) is 6.61 Å². The second kappa shape index (κ2) is 6.27. The largest absolute Gasteiger partial charge is 0.465 e. The molecular weight excluding hydrogens is 212 g/mol. The van der Waals surface area contributed by atoms with Gasteiger partial charge in [0, 0.05) is 0 Å². The molecule has 89 valence electrons. The maximum atomic E-state index is 11.6. The maximum Gasteiger partial charge on any atom is 0.323 e. The van der Waals surface area contributed by atoms with Gasteiger partial charge in [-0.2, -0.15) is 0 Å². The molecule has 0 saturated heterocycles. The molecule has 1 aliphatic heterocycles. The van der Waals surface area contributed by atoms with Crippen LogP contribution in [0.1, 0.15) is 13.8 Å². The fourth-order valence-corrected chi connectivity index (χ4v) is 1.35. The first kappa shape index (κ1) is 12.7. The summed E-state index contributed by atoms with van der Waals surface area (Å²) in [7, 11) is 0. The highest BCUT2D eigenvalue weighted by Crippen LogP contribution is 2.19. The summed E-state index contributed by atoms with van der Waals surface area (Å²) < 4.78 is 14.7. The van der Waals surface area contributed by atoms with Crippen LogP contribution in [0.2, 0.25) is 0 Å². The Bertz CT molecular complexity index is 266. The van der Waals surface area contributed by atoms with Gasteiger partial charge >= 0.3 is 11.9 Å². The smallest absolute Gasteiger partial charge is 0.323 e. The summed E-state index contributed by atoms with van der Waals surface area (Å²) in [5, 5.41) is 0. The molecule has 0 amide bonds. The molecule has 0 fully saturated rings. The molecule has 0 aromatic heterocycles. The lowest BCUT2D eigenvalue weighted by molar-refractivity contribution is -0.165. The second-order valence-corrected chi connectivity index (χ2v) is 3.10. The summed E-state index contributed by atoms with van der Waals surface area (Å²) in [6.45, 7) is 5.22. The molecule has 0 aromatic carbocycles. The van der Waals surface area contributed by atoms with Crippen LogP contribution in [0.15, 0.2) is 12.2 Å². The van der Waals surface area contributed by atoms with Crippen molar-refractivity contribution in [2.24, 2.45) is 5.92 Å². The van der Waals surface area contributed by atoms with E-state index in [0.29, 0.717) is 0 Å². The summed E-state index contributed by atoms with van der Waals surface area (Å²) in [6.07, 6.45) is 2.63. The monoisotopic (exact) mass is 227 g/mol. The minimum absolute atomic E-state index is 0.217. The Labute approximate surface area is 94.4 Å². The number of rotatable bonds is 5. The third-order valence-electron chi connectivity index (χ3n) is 2.02. The fourth-order valence-electron chi connectivity index (χ4n) is 1.35. The molecule has 1 heterocycles. The van der Waals surface area contributed by atoms with Crippen molar-refractivity contribution >= 4 is 11.9 Å². The van der Waals surface area contributed by atoms with Crippen LogP contribution in [0.3, 0.4) is 0 Å². The fraction of sp³-hybridized carbons (Fsp3) is 0.545. The molecule has 1 unspecified atom stereocenters. The lowest BCUT2D eigenvalue weighted by Crippen LogP contribution is -2.37. The van der Waals surface area contributed by atoms with Gasteiger partial charge in [-0.25, -0.2) is 0 Å². The Balaban J connectivity index is 2.71. The van der Waals surface area contributed by atoms with E-state index < -0.39 is 24.0 Å². The summed E-state index contributed by atoms with van der Waals surface area (Å²) in [5.41, 5.74) is 0. The van der Waals surface area contributed by atoms with Crippen LogP contribution in [0.25, 0.3) is 0 Å². The van der Waals surface area contributed by atoms with Crippen molar-refractivity contribution in [1.29, 1.82) is 0 Å². The van der Waals surface area contributed by atoms with E-state index in [4.69, 9.17) is 14.2 Å². The van der Waals surface area contributed by atoms with Crippen molar-refractivity contribution in [3.8, 4) is 0 Å². The Kier molecular flexibility index (Phi) is 4.98. The summed E-state index contributed by atoms with van der Waals surface area (Å²) in [4.78, 5) is 23.2. The molecule has 1 aliphatic rings. The summed E-state index contributed by atoms with van der Waals surface area (Å²) >= 11 is 0. The van der Waals surface area contributed by atoms with E-state index in [0.717, 1.165) is 0 Å². The molecule has 1 rings (SSSR count). The third-order valence-corrected chi connectivity index (χ3v) is 2.02. The first-order chi connectivity index (χ1) is 7.70. The number of carbonyl (C=O) groups excluding carboxylic acids is 2. The predicted octanol–water partition coefficient (Wildman–Crippen LogP) is 0.846. The Morgan fingerprint density at radius 3 is 2.19 bits per heavy atom. The Morgan fingerprint density at radius 1 is 1.25 bits per heavy atom. The van der Waals surface area contributed by atoms with Gasteiger partial charge in [-0.1, -0.05) is 12.2 Å². The molecule has 16 heavy (non-hydrogen) atoms. The lowest BCUT2D eigenvalue weighted by Gasteiger charge is -2.18. The van der Waals surface area contributed by atoms with Crippen molar-refractivity contribution in [1.82, 2.24) is 0 Å². The van der Waals surface area contributed by atoms with Crippen molar-refractivity contribution in [3.05, 3.63) is 18.8 Å². The molecule has 0 N–H and O–H groups in total. The van der Waals surface area contributed by atoms with Crippen molar-refractivity contribution in [2.45, 2.75) is 20.0 Å². The molecule has 0 aromatic rings. The van der Waals surface area contributed by atoms with E-state index in [1.54, 1.807) is 26.0 Å². The van der Waals surface area contributed by atoms with Crippen LogP contribution < -0.4 is 0 Å². The predicted molar refractivity (Wildman–Crippen MR) is 55.1 cm³/mol. The van der Waals surface area contributed by atoms with Gasteiger partial charge in [0.05, 0.1) is 13.2 Å². The molecule has 0 spiro atoms. The molecule has 0 saturated carbocycles. The second-order valence-electron chi connectivity index (χ2n) is 3.10. The Morgan fingerprint density at radius 2 is 1.81 bits per heavy atom. The highest BCUT2D eigenvalue weighted by molar-refractivity contribution is 5.96. The van der Waals surface area contributed by atoms with E-state index in [-0.39, 0.29) is 13.2 Å². The molecule has 1 atom stereocenters. The van der Waals surface area contributed by atoms with Gasteiger partial charge in [0.1, 0.15) is 12.7 Å². The molecule has 0 aliphatic carbocycles. The number of hydrogen-bond donors (Lipinski definition) is 0. The molecule has 1 radical (unpaired) electrons. The Hall–Kier alpha value is -1.36. The third kappa shape index (κ3) is 3.06. The molecule has 5 nitrogen and oxygen atoms in total. The zero-order valence-corrected chi connectivity index (χ0v) is 9.34. The van der Waals surface area contributed by atoms with Crippen molar-refractivity contribution in [3.63, 3.8) is 0 Å². The van der Waals surface area contributed by atoms with Crippen LogP contribution in [0.5, 0.6) is 0 Å². The van der Waals surface area contributed by atoms with Gasteiger partial charge in [0.2, 0.25) is 0 Å². The van der Waals surface area contributed by atoms with Crippen molar-refractivity contribution < 1.29 is 23.8 Å². The van der Waals surface area contributed by atoms with Gasteiger partial charge in [-0.15, -0.1) is 0 Å². The number of esters is 2. The van der Waals surface area contributed by atoms with Crippen LogP contribution >= 0.6 is 0 Å². The van der Waals surface area contributed by atoms with Gasteiger partial charge in [0.25, 0.3) is 0 Å². The number of carbonyl (C=O) groups is 2. The topological polar surface area (TPSA) is 61.8 Å². The van der Waals surface area contributed by atoms with E-state index in [9.17, 15) is 9.59 Å². The van der Waals surface area contributed by atoms with Crippen LogP contribution in [-0.4, -0.2) is 31.3 Å². The average Bonchev–Trinajstić information content (AvgIpc) is 2.72. The summed E-state index contributed by atoms with van der Waals surface area (Å²) in [6, 6.07) is 0. The number of ether oxygens (including phenoxy) is 3. The minimum Gasteiger partial charge on any atom is -0.465 e. The zero-order valence-electron chi connectivity index (χ0n) is 9.34. The number of hydrogen-bond acceptors (Lipinski definition) is 5. The van der Waals surface area contributed by atoms with Crippen molar-refractivity contribution in [2.75, 3.05) is 13.2 Å².